The number of aryl methyl sites for hydroxylation is 1. The molecule has 0 fully saturated rings. The first-order valence-electron chi connectivity index (χ1n) is 8.87. The topological polar surface area (TPSA) is 75.7 Å². The van der Waals surface area contributed by atoms with Crippen molar-refractivity contribution >= 4 is 29.3 Å². The molecule has 0 aliphatic rings. The fraction of sp³-hybridized carbons (Fsp3) is 0.238. The molecule has 6 nitrogen and oxygen atoms in total. The van der Waals surface area contributed by atoms with Crippen LogP contribution in [-0.2, 0) is 22.7 Å². The molecule has 0 unspecified atom stereocenters. The van der Waals surface area contributed by atoms with Gasteiger partial charge in [-0.1, -0.05) is 17.7 Å². The van der Waals surface area contributed by atoms with Crippen LogP contribution in [0.1, 0.15) is 17.1 Å². The summed E-state index contributed by atoms with van der Waals surface area (Å²) in [5, 5.41) is 2.83. The van der Waals surface area contributed by atoms with Crippen LogP contribution in [0.2, 0.25) is 0 Å². The highest BCUT2D eigenvalue weighted by atomic mass is 32.2. The first-order chi connectivity index (χ1) is 13.6. The molecule has 28 heavy (non-hydrogen) atoms. The number of carbonyl (C=O) groups excluding carboxylic acids is 2. The number of nitrogens with one attached hydrogen (secondary N) is 1. The standard InChI is InChI=1S/C21H22N2O4S/c1-16-6-8-17(9-7-16)22-20(24)14-28-15-21(25)23(12-18-4-2-10-26-18)13-19-5-3-11-27-19/h2-11H,12-15H2,1H3,(H,22,24). The van der Waals surface area contributed by atoms with Gasteiger partial charge in [-0.15, -0.1) is 11.8 Å². The Balaban J connectivity index is 1.49. The molecule has 3 rings (SSSR count). The zero-order chi connectivity index (χ0) is 19.8. The van der Waals surface area contributed by atoms with Gasteiger partial charge in [0, 0.05) is 5.69 Å². The number of anilines is 1. The fourth-order valence-electron chi connectivity index (χ4n) is 2.57. The lowest BCUT2D eigenvalue weighted by Gasteiger charge is -2.20. The molecular formula is C21H22N2O4S. The largest absolute Gasteiger partial charge is 0.467 e. The molecule has 0 aliphatic heterocycles. The van der Waals surface area contributed by atoms with Crippen molar-refractivity contribution in [2.75, 3.05) is 16.8 Å². The number of carbonyl (C=O) groups is 2. The van der Waals surface area contributed by atoms with E-state index in [9.17, 15) is 9.59 Å². The maximum absolute atomic E-state index is 12.7. The maximum Gasteiger partial charge on any atom is 0.234 e. The van der Waals surface area contributed by atoms with Gasteiger partial charge in [0.2, 0.25) is 11.8 Å². The summed E-state index contributed by atoms with van der Waals surface area (Å²) in [5.41, 5.74) is 1.88. The van der Waals surface area contributed by atoms with Crippen LogP contribution < -0.4 is 5.32 Å². The number of hydrogen-bond acceptors (Lipinski definition) is 5. The minimum Gasteiger partial charge on any atom is -0.467 e. The molecule has 1 aromatic carbocycles. The van der Waals surface area contributed by atoms with E-state index in [1.165, 1.54) is 11.8 Å². The Labute approximate surface area is 167 Å². The lowest BCUT2D eigenvalue weighted by molar-refractivity contribution is -0.130. The summed E-state index contributed by atoms with van der Waals surface area (Å²) >= 11 is 1.28. The Hall–Kier alpha value is -2.93. The van der Waals surface area contributed by atoms with Crippen LogP contribution in [0.3, 0.4) is 0 Å². The van der Waals surface area contributed by atoms with Gasteiger partial charge in [0.25, 0.3) is 0 Å². The molecule has 2 aromatic heterocycles. The zero-order valence-electron chi connectivity index (χ0n) is 15.6. The van der Waals surface area contributed by atoms with Crippen molar-refractivity contribution in [1.82, 2.24) is 4.90 Å². The Kier molecular flexibility index (Phi) is 6.97. The van der Waals surface area contributed by atoms with Crippen molar-refractivity contribution in [3.8, 4) is 0 Å². The molecule has 0 saturated carbocycles. The van der Waals surface area contributed by atoms with Crippen LogP contribution in [0.5, 0.6) is 0 Å². The van der Waals surface area contributed by atoms with Crippen LogP contribution in [0.15, 0.2) is 69.9 Å². The number of benzene rings is 1. The summed E-state index contributed by atoms with van der Waals surface area (Å²) in [6.07, 6.45) is 3.16. The predicted octanol–water partition coefficient (Wildman–Crippen LogP) is 4.08. The van der Waals surface area contributed by atoms with Crippen molar-refractivity contribution in [2.24, 2.45) is 0 Å². The van der Waals surface area contributed by atoms with Gasteiger partial charge in [0.15, 0.2) is 0 Å². The first kappa shape index (κ1) is 19.8. The molecule has 7 heteroatoms. The third kappa shape index (κ3) is 6.06. The second kappa shape index (κ2) is 9.85. The van der Waals surface area contributed by atoms with E-state index in [1.807, 2.05) is 43.3 Å². The normalized spacial score (nSPS) is 10.6. The van der Waals surface area contributed by atoms with E-state index < -0.39 is 0 Å². The van der Waals surface area contributed by atoms with E-state index in [0.29, 0.717) is 24.6 Å². The van der Waals surface area contributed by atoms with E-state index in [1.54, 1.807) is 29.6 Å². The van der Waals surface area contributed by atoms with Gasteiger partial charge < -0.3 is 19.1 Å². The van der Waals surface area contributed by atoms with E-state index in [4.69, 9.17) is 8.83 Å². The van der Waals surface area contributed by atoms with E-state index >= 15 is 0 Å². The highest BCUT2D eigenvalue weighted by Gasteiger charge is 2.17. The van der Waals surface area contributed by atoms with Crippen LogP contribution in [0.4, 0.5) is 5.69 Å². The molecule has 0 bridgehead atoms. The molecule has 1 N–H and O–H groups in total. The number of thioether (sulfide) groups is 1. The van der Waals surface area contributed by atoms with Crippen molar-refractivity contribution < 1.29 is 18.4 Å². The molecule has 0 aliphatic carbocycles. The minimum absolute atomic E-state index is 0.0825. The molecule has 0 atom stereocenters. The summed E-state index contributed by atoms with van der Waals surface area (Å²) in [7, 11) is 0. The molecule has 0 saturated heterocycles. The summed E-state index contributed by atoms with van der Waals surface area (Å²) in [6.45, 7) is 2.69. The molecule has 0 spiro atoms. The molecule has 3 aromatic rings. The van der Waals surface area contributed by atoms with E-state index in [2.05, 4.69) is 5.32 Å². The van der Waals surface area contributed by atoms with E-state index in [0.717, 1.165) is 11.3 Å². The average molecular weight is 398 g/mol. The Morgan fingerprint density at radius 2 is 1.54 bits per heavy atom. The summed E-state index contributed by atoms with van der Waals surface area (Å²) < 4.78 is 10.7. The van der Waals surface area contributed by atoms with Gasteiger partial charge in [-0.2, -0.15) is 0 Å². The molecule has 2 heterocycles. The smallest absolute Gasteiger partial charge is 0.234 e. The van der Waals surface area contributed by atoms with Crippen molar-refractivity contribution in [3.63, 3.8) is 0 Å². The second-order valence-corrected chi connectivity index (χ2v) is 7.30. The number of amides is 2. The van der Waals surface area contributed by atoms with Crippen LogP contribution in [0, 0.1) is 6.92 Å². The van der Waals surface area contributed by atoms with Crippen LogP contribution in [0.25, 0.3) is 0 Å². The number of rotatable bonds is 9. The van der Waals surface area contributed by atoms with Gasteiger partial charge >= 0.3 is 0 Å². The molecule has 146 valence electrons. The second-order valence-electron chi connectivity index (χ2n) is 6.32. The third-order valence-electron chi connectivity index (χ3n) is 4.00. The highest BCUT2D eigenvalue weighted by Crippen LogP contribution is 2.14. The number of furan rings is 2. The Morgan fingerprint density at radius 1 is 0.929 bits per heavy atom. The van der Waals surface area contributed by atoms with Gasteiger partial charge in [0.05, 0.1) is 37.1 Å². The van der Waals surface area contributed by atoms with Gasteiger partial charge in [0.1, 0.15) is 11.5 Å². The van der Waals surface area contributed by atoms with E-state index in [-0.39, 0.29) is 23.3 Å². The number of nitrogens with zero attached hydrogens (tertiary/aromatic N) is 1. The minimum atomic E-state index is -0.134. The lowest BCUT2D eigenvalue weighted by Crippen LogP contribution is -2.31. The average Bonchev–Trinajstić information content (AvgIpc) is 3.37. The van der Waals surface area contributed by atoms with Crippen molar-refractivity contribution in [1.29, 1.82) is 0 Å². The highest BCUT2D eigenvalue weighted by molar-refractivity contribution is 8.00. The third-order valence-corrected chi connectivity index (χ3v) is 4.92. The number of hydrogen-bond donors (Lipinski definition) is 1. The van der Waals surface area contributed by atoms with Crippen molar-refractivity contribution in [3.05, 3.63) is 78.1 Å². The SMILES string of the molecule is Cc1ccc(NC(=O)CSCC(=O)N(Cc2ccco2)Cc2ccco2)cc1. The van der Waals surface area contributed by atoms with Crippen molar-refractivity contribution in [2.45, 2.75) is 20.0 Å². The zero-order valence-corrected chi connectivity index (χ0v) is 16.4. The molecular weight excluding hydrogens is 376 g/mol. The quantitative estimate of drug-likeness (QED) is 0.588. The van der Waals surface area contributed by atoms with Crippen LogP contribution >= 0.6 is 11.8 Å². The summed E-state index contributed by atoms with van der Waals surface area (Å²) in [4.78, 5) is 26.4. The monoisotopic (exact) mass is 398 g/mol. The Bertz CT molecular complexity index is 838. The van der Waals surface area contributed by atoms with Gasteiger partial charge in [-0.25, -0.2) is 0 Å². The van der Waals surface area contributed by atoms with Gasteiger partial charge in [-0.3, -0.25) is 9.59 Å². The molecule has 0 radical (unpaired) electrons. The predicted molar refractivity (Wildman–Crippen MR) is 109 cm³/mol. The van der Waals surface area contributed by atoms with Crippen LogP contribution in [-0.4, -0.2) is 28.2 Å². The fourth-order valence-corrected chi connectivity index (χ4v) is 3.29. The summed E-state index contributed by atoms with van der Waals surface area (Å²) in [6, 6.07) is 14.8. The summed E-state index contributed by atoms with van der Waals surface area (Å²) in [5.74, 6) is 1.58. The molecule has 2 amide bonds. The Morgan fingerprint density at radius 3 is 2.07 bits per heavy atom. The van der Waals surface area contributed by atoms with Gasteiger partial charge in [-0.05, 0) is 43.3 Å². The first-order valence-corrected chi connectivity index (χ1v) is 10.0. The lowest BCUT2D eigenvalue weighted by atomic mass is 10.2. The maximum atomic E-state index is 12.7.